The number of carbonyl (C=O) groups is 1. The number of ether oxygens (including phenoxy) is 1. The number of anilines is 3. The molecule has 7 aromatic rings. The summed E-state index contributed by atoms with van der Waals surface area (Å²) in [5.74, 6) is -0.742. The van der Waals surface area contributed by atoms with Gasteiger partial charge in [0.25, 0.3) is 82.9 Å². The molecule has 0 saturated carbocycles. The molecule has 0 fully saturated rings. The first-order valence-corrected chi connectivity index (χ1v) is 31.4. The Bertz CT molecular complexity index is 4040. The third kappa shape index (κ3) is 12.4. The molecule has 0 unspecified atom stereocenters. The van der Waals surface area contributed by atoms with Gasteiger partial charge in [0.2, 0.25) is 0 Å². The first-order chi connectivity index (χ1) is 38.7. The summed E-state index contributed by atoms with van der Waals surface area (Å²) in [6, 6.07) is 20.7. The lowest BCUT2D eigenvalue weighted by molar-refractivity contribution is -0.385. The Balaban J connectivity index is 1.36. The molecule has 7 rings (SSSR count). The lowest BCUT2D eigenvalue weighted by Crippen LogP contribution is -2.38. The van der Waals surface area contributed by atoms with Crippen molar-refractivity contribution < 1.29 is 79.7 Å². The van der Waals surface area contributed by atoms with Gasteiger partial charge in [-0.25, -0.2) is 55.3 Å². The van der Waals surface area contributed by atoms with Crippen molar-refractivity contribution in [1.82, 2.24) is 0 Å². The van der Waals surface area contributed by atoms with Crippen molar-refractivity contribution in [3.8, 4) is 0 Å². The van der Waals surface area contributed by atoms with Crippen LogP contribution in [0.1, 0.15) is 12.5 Å². The normalized spacial score (nSPS) is 12.1. The van der Waals surface area contributed by atoms with Crippen LogP contribution in [0.3, 0.4) is 0 Å². The fourth-order valence-corrected chi connectivity index (χ4v) is 18.5. The second kappa shape index (κ2) is 23.1. The molecule has 0 radical (unpaired) electrons. The SMILES string of the molecule is C=C(C)C(=O)OCCc1ccc(N(S(=O)(=O)c2ccc(N(S(=O)(=O)c3ccc([N+](=O)[O-])cc3)S(=O)(=O)c3ccc([N+](=O)[O-])cc3)cc2)S(=O)(=O)c2ccc(N(S(=O)(=O)c3ccc([N+](=O)[O-])cc3)S(=O)(=O)c3ccc([N+](=O)[O-])cc3)cc2)cc1. The number of sulfonamides is 6. The minimum absolute atomic E-state index is 0.00808. The lowest BCUT2D eigenvalue weighted by Gasteiger charge is -2.26. The Labute approximate surface area is 471 Å². The summed E-state index contributed by atoms with van der Waals surface area (Å²) in [5, 5.41) is 45.5. The van der Waals surface area contributed by atoms with E-state index in [1.54, 1.807) is 0 Å². The maximum absolute atomic E-state index is 15.0. The molecule has 0 amide bonds. The predicted molar refractivity (Wildman–Crippen MR) is 292 cm³/mol. The van der Waals surface area contributed by atoms with E-state index >= 15 is 0 Å². The highest BCUT2D eigenvalue weighted by molar-refractivity contribution is 8.11. The van der Waals surface area contributed by atoms with Crippen LogP contribution in [-0.2, 0) is 76.1 Å². The van der Waals surface area contributed by atoms with Crippen LogP contribution in [0.5, 0.6) is 0 Å². The van der Waals surface area contributed by atoms with Crippen molar-refractivity contribution >= 4 is 106 Å². The number of non-ortho nitro benzene ring substituents is 4. The van der Waals surface area contributed by atoms with Crippen LogP contribution in [0.15, 0.2) is 211 Å². The van der Waals surface area contributed by atoms with Gasteiger partial charge in [0, 0.05) is 60.5 Å². The molecule has 0 heterocycles. The van der Waals surface area contributed by atoms with E-state index in [1.165, 1.54) is 19.1 Å². The first-order valence-electron chi connectivity index (χ1n) is 22.7. The van der Waals surface area contributed by atoms with Gasteiger partial charge in [-0.05, 0) is 122 Å². The summed E-state index contributed by atoms with van der Waals surface area (Å²) < 4.78 is 179. The Hall–Kier alpha value is -9.55. The third-order valence-corrected chi connectivity index (χ3v) is 24.1. The van der Waals surface area contributed by atoms with E-state index in [2.05, 4.69) is 6.58 Å². The maximum Gasteiger partial charge on any atom is 0.333 e. The van der Waals surface area contributed by atoms with Crippen molar-refractivity contribution in [2.45, 2.75) is 42.7 Å². The van der Waals surface area contributed by atoms with Crippen molar-refractivity contribution in [3.63, 3.8) is 0 Å². The molecule has 0 aliphatic carbocycles. The number of rotatable bonds is 23. The summed E-state index contributed by atoms with van der Waals surface area (Å²) in [6.07, 6.45) is -0.00808. The zero-order valence-electron chi connectivity index (χ0n) is 41.8. The van der Waals surface area contributed by atoms with E-state index in [0.717, 1.165) is 60.7 Å². The number of hydrogen-bond acceptors (Lipinski definition) is 22. The van der Waals surface area contributed by atoms with E-state index in [-0.39, 0.29) is 29.7 Å². The van der Waals surface area contributed by atoms with E-state index in [9.17, 15) is 95.8 Å². The molecule has 0 aliphatic rings. The van der Waals surface area contributed by atoms with Crippen molar-refractivity contribution in [1.29, 1.82) is 0 Å². The first kappa shape index (κ1) is 61.1. The van der Waals surface area contributed by atoms with Crippen LogP contribution in [0.2, 0.25) is 0 Å². The fraction of sp³-hybridized carbons (Fsp3) is 0.0625. The van der Waals surface area contributed by atoms with Gasteiger partial charge < -0.3 is 4.74 Å². The average molecular weight is 1260 g/mol. The van der Waals surface area contributed by atoms with Crippen LogP contribution >= 0.6 is 0 Å². The van der Waals surface area contributed by atoms with Crippen molar-refractivity contribution in [2.75, 3.05) is 17.7 Å². The van der Waals surface area contributed by atoms with Gasteiger partial charge in [-0.1, -0.05) is 18.7 Å². The fourth-order valence-electron chi connectivity index (χ4n) is 7.40. The molecule has 0 saturated heterocycles. The molecule has 7 aromatic carbocycles. The van der Waals surface area contributed by atoms with Crippen molar-refractivity contribution in [2.24, 2.45) is 0 Å². The minimum atomic E-state index is -5.60. The molecule has 0 aromatic heterocycles. The van der Waals surface area contributed by atoms with Crippen LogP contribution in [0.4, 0.5) is 39.8 Å². The second-order valence-corrected chi connectivity index (χ2v) is 28.4. The molecule has 432 valence electrons. The number of benzene rings is 7. The second-order valence-electron chi connectivity index (χ2n) is 16.9. The average Bonchev–Trinajstić information content (AvgIpc) is 1.79. The lowest BCUT2D eigenvalue weighted by atomic mass is 10.1. The van der Waals surface area contributed by atoms with E-state index < -0.39 is 155 Å². The van der Waals surface area contributed by atoms with Crippen molar-refractivity contribution in [3.05, 3.63) is 228 Å². The van der Waals surface area contributed by atoms with Crippen LogP contribution in [-0.4, -0.2) is 82.8 Å². The van der Waals surface area contributed by atoms with E-state index in [0.29, 0.717) is 103 Å². The highest BCUT2D eigenvalue weighted by Gasteiger charge is 2.42. The summed E-state index contributed by atoms with van der Waals surface area (Å²) in [4.78, 5) is 48.6. The Morgan fingerprint density at radius 2 is 0.566 bits per heavy atom. The van der Waals surface area contributed by atoms with Gasteiger partial charge in [-0.3, -0.25) is 40.5 Å². The molecule has 0 bridgehead atoms. The number of esters is 1. The van der Waals surface area contributed by atoms with Gasteiger partial charge >= 0.3 is 5.97 Å². The minimum Gasteiger partial charge on any atom is -0.462 e. The maximum atomic E-state index is 15.0. The number of carbonyl (C=O) groups excluding carboxylic acids is 1. The van der Waals surface area contributed by atoms with Gasteiger partial charge in [0.1, 0.15) is 0 Å². The predicted octanol–water partition coefficient (Wildman–Crippen LogP) is 6.73. The van der Waals surface area contributed by atoms with Gasteiger partial charge in [0.15, 0.2) is 0 Å². The molecule has 29 nitrogen and oxygen atoms in total. The topological polar surface area (TPSA) is 413 Å². The van der Waals surface area contributed by atoms with Gasteiger partial charge in [-0.15, -0.1) is 0 Å². The highest BCUT2D eigenvalue weighted by atomic mass is 32.3. The summed E-state index contributed by atoms with van der Waals surface area (Å²) in [5.41, 5.74) is -4.41. The summed E-state index contributed by atoms with van der Waals surface area (Å²) in [6.45, 7) is 4.64. The summed E-state index contributed by atoms with van der Waals surface area (Å²) in [7, 11) is -32.8. The van der Waals surface area contributed by atoms with Gasteiger partial charge in [-0.2, -0.15) is 11.1 Å². The van der Waals surface area contributed by atoms with Gasteiger partial charge in [0.05, 0.1) is 72.7 Å². The summed E-state index contributed by atoms with van der Waals surface area (Å²) >= 11 is 0. The number of nitro groups is 4. The van der Waals surface area contributed by atoms with Crippen LogP contribution in [0, 0.1) is 40.5 Å². The molecule has 0 spiro atoms. The Morgan fingerprint density at radius 1 is 0.373 bits per heavy atom. The highest BCUT2D eigenvalue weighted by Crippen LogP contribution is 2.38. The monoisotopic (exact) mass is 1260 g/mol. The molecule has 0 N–H and O–H groups in total. The quantitative estimate of drug-likeness (QED) is 0.0277. The standard InChI is InChI=1S/C48H37N7O22S6/c1-33(2)48(56)77-32-31-34-3-5-39(6-4-34)53(82(73,74)46-27-15-40(16-28-46)54(78(65,66)42-19-7-35(8-20-42)49(57)58)79(67,68)43-21-9-36(10-22-43)50(59)60)83(75,76)47-29-17-41(18-30-47)55(80(69,70)44-23-11-37(12-24-44)51(61)62)81(71,72)45-25-13-38(14-26-45)52(63)64/h3-30H,1,31-32H2,2H3. The zero-order valence-corrected chi connectivity index (χ0v) is 46.7. The Morgan fingerprint density at radius 3 is 0.759 bits per heavy atom. The van der Waals surface area contributed by atoms with Crippen LogP contribution in [0.25, 0.3) is 0 Å². The molecule has 35 heteroatoms. The smallest absolute Gasteiger partial charge is 0.333 e. The molecular weight excluding hydrogens is 1220 g/mol. The van der Waals surface area contributed by atoms with Crippen LogP contribution < -0.4 is 11.1 Å². The number of hydrogen-bond donors (Lipinski definition) is 0. The third-order valence-electron chi connectivity index (χ3n) is 11.5. The number of nitrogens with zero attached hydrogens (tertiary/aromatic N) is 7. The largest absolute Gasteiger partial charge is 0.462 e. The van der Waals surface area contributed by atoms with E-state index in [4.69, 9.17) is 4.74 Å². The molecule has 0 atom stereocenters. The van der Waals surface area contributed by atoms with E-state index in [1.807, 2.05) is 0 Å². The number of nitro benzene ring substituents is 4. The Kier molecular flexibility index (Phi) is 17.0. The molecular formula is C48H37N7O22S6. The zero-order chi connectivity index (χ0) is 61.2. The molecule has 83 heavy (non-hydrogen) atoms. The molecule has 0 aliphatic heterocycles.